The maximum atomic E-state index is 13.0. The maximum absolute atomic E-state index is 13.0. The van der Waals surface area contributed by atoms with Crippen LogP contribution in [-0.2, 0) is 17.6 Å². The number of aliphatic imine (C=N–C) groups is 1. The lowest BCUT2D eigenvalue weighted by molar-refractivity contribution is -0.115. The van der Waals surface area contributed by atoms with E-state index in [9.17, 15) is 14.7 Å². The number of fused-ring (bicyclic) bond motifs is 1. The van der Waals surface area contributed by atoms with Gasteiger partial charge in [0.15, 0.2) is 11.6 Å². The van der Waals surface area contributed by atoms with E-state index in [1.807, 2.05) is 48.5 Å². The molecule has 36 heavy (non-hydrogen) atoms. The van der Waals surface area contributed by atoms with E-state index in [1.54, 1.807) is 13.2 Å². The minimum absolute atomic E-state index is 0.00233. The van der Waals surface area contributed by atoms with Gasteiger partial charge in [-0.15, -0.1) is 0 Å². The first-order chi connectivity index (χ1) is 17.5. The van der Waals surface area contributed by atoms with Gasteiger partial charge in [-0.1, -0.05) is 41.6 Å². The van der Waals surface area contributed by atoms with Gasteiger partial charge in [-0.25, -0.2) is 0 Å². The highest BCUT2D eigenvalue weighted by Crippen LogP contribution is 2.35. The molecule has 0 radical (unpaired) electrons. The topological polar surface area (TPSA) is 102 Å². The van der Waals surface area contributed by atoms with Crippen LogP contribution in [0.2, 0.25) is 0 Å². The highest BCUT2D eigenvalue weighted by Gasteiger charge is 2.33. The first kappa shape index (κ1) is 23.7. The van der Waals surface area contributed by atoms with Crippen LogP contribution in [0, 0.1) is 0 Å². The van der Waals surface area contributed by atoms with Gasteiger partial charge in [-0.05, 0) is 36.5 Å². The molecule has 1 fully saturated rings. The predicted molar refractivity (Wildman–Crippen MR) is 135 cm³/mol. The Morgan fingerprint density at radius 2 is 1.92 bits per heavy atom. The third kappa shape index (κ3) is 4.87. The standard InChI is InChI=1S/C29H28N2O5/c1-35-21-10-5-9-20(17-21)30-22-11-6-12-24(32)28(22)25(33)14-13-23-29-26(34)15-19(16-27(29)36-31-23)18-7-3-2-4-8-18/h2-5,7-10,17,19,33H,6,11-16H2,1H3/b28-25-,30-22?. The number of nitrogens with zero attached hydrogens (tertiary/aromatic N) is 2. The second kappa shape index (κ2) is 10.3. The van der Waals surface area contributed by atoms with Crippen LogP contribution >= 0.6 is 0 Å². The Hall–Kier alpha value is -4.00. The number of aryl methyl sites for hydroxylation is 1. The van der Waals surface area contributed by atoms with E-state index in [1.165, 1.54) is 0 Å². The number of carbonyl (C=O) groups is 2. The largest absolute Gasteiger partial charge is 0.511 e. The molecule has 2 aliphatic carbocycles. The molecule has 5 rings (SSSR count). The summed E-state index contributed by atoms with van der Waals surface area (Å²) in [5, 5.41) is 15.1. The van der Waals surface area contributed by atoms with Crippen LogP contribution in [0.4, 0.5) is 5.69 Å². The molecule has 0 amide bonds. The highest BCUT2D eigenvalue weighted by atomic mass is 16.5. The number of ether oxygens (including phenoxy) is 1. The smallest absolute Gasteiger partial charge is 0.168 e. The Kier molecular flexibility index (Phi) is 6.80. The van der Waals surface area contributed by atoms with Crippen molar-refractivity contribution in [3.63, 3.8) is 0 Å². The molecule has 0 saturated heterocycles. The van der Waals surface area contributed by atoms with Gasteiger partial charge in [0.25, 0.3) is 0 Å². The minimum Gasteiger partial charge on any atom is -0.511 e. The number of Topliss-reactive ketones (excluding diaryl/α,β-unsaturated/α-hetero) is 2. The second-order valence-electron chi connectivity index (χ2n) is 9.22. The predicted octanol–water partition coefficient (Wildman–Crippen LogP) is 5.87. The molecule has 1 atom stereocenters. The second-order valence-corrected chi connectivity index (χ2v) is 9.22. The molecule has 0 spiro atoms. The zero-order valence-corrected chi connectivity index (χ0v) is 20.2. The Labute approximate surface area is 209 Å². The average Bonchev–Trinajstić information content (AvgIpc) is 3.31. The van der Waals surface area contributed by atoms with E-state index >= 15 is 0 Å². The van der Waals surface area contributed by atoms with E-state index in [0.29, 0.717) is 72.7 Å². The van der Waals surface area contributed by atoms with Crippen molar-refractivity contribution >= 4 is 23.0 Å². The van der Waals surface area contributed by atoms with Crippen molar-refractivity contribution in [3.05, 3.63) is 88.5 Å². The SMILES string of the molecule is COc1cccc(N=C2CCCC(=O)/C2=C(\O)CCc2noc3c2C(=O)CC(c2ccccc2)C3)c1. The first-order valence-electron chi connectivity index (χ1n) is 12.3. The maximum Gasteiger partial charge on any atom is 0.168 e. The molecular formula is C29H28N2O5. The summed E-state index contributed by atoms with van der Waals surface area (Å²) in [6, 6.07) is 17.2. The zero-order valence-electron chi connectivity index (χ0n) is 20.2. The Balaban J connectivity index is 1.36. The van der Waals surface area contributed by atoms with Crippen molar-refractivity contribution in [2.24, 2.45) is 4.99 Å². The van der Waals surface area contributed by atoms with Crippen molar-refractivity contribution in [1.29, 1.82) is 0 Å². The van der Waals surface area contributed by atoms with Crippen LogP contribution in [0.5, 0.6) is 5.75 Å². The fraction of sp³-hybridized carbons (Fsp3) is 0.310. The number of ketones is 2. The summed E-state index contributed by atoms with van der Waals surface area (Å²) < 4.78 is 10.8. The van der Waals surface area contributed by atoms with Gasteiger partial charge in [0, 0.05) is 38.2 Å². The van der Waals surface area contributed by atoms with E-state index in [-0.39, 0.29) is 35.2 Å². The van der Waals surface area contributed by atoms with Gasteiger partial charge in [-0.2, -0.15) is 0 Å². The number of carbonyl (C=O) groups excluding carboxylic acids is 2. The van der Waals surface area contributed by atoms with E-state index in [2.05, 4.69) is 10.1 Å². The first-order valence-corrected chi connectivity index (χ1v) is 12.3. The summed E-state index contributed by atoms with van der Waals surface area (Å²) in [5.41, 5.74) is 3.67. The molecule has 1 heterocycles. The molecule has 2 aliphatic rings. The summed E-state index contributed by atoms with van der Waals surface area (Å²) in [6.45, 7) is 0. The van der Waals surface area contributed by atoms with Crippen LogP contribution in [0.3, 0.4) is 0 Å². The fourth-order valence-corrected chi connectivity index (χ4v) is 5.04. The van der Waals surface area contributed by atoms with Crippen molar-refractivity contribution in [3.8, 4) is 5.75 Å². The number of hydrogen-bond acceptors (Lipinski definition) is 7. The lowest BCUT2D eigenvalue weighted by Gasteiger charge is -2.20. The summed E-state index contributed by atoms with van der Waals surface area (Å²) in [7, 11) is 1.59. The van der Waals surface area contributed by atoms with Crippen LogP contribution in [-0.4, -0.2) is 34.7 Å². The van der Waals surface area contributed by atoms with Crippen LogP contribution in [0.25, 0.3) is 0 Å². The molecule has 1 N–H and O–H groups in total. The molecule has 3 aromatic rings. The van der Waals surface area contributed by atoms with Gasteiger partial charge < -0.3 is 14.4 Å². The quantitative estimate of drug-likeness (QED) is 0.347. The number of aromatic nitrogens is 1. The Morgan fingerprint density at radius 3 is 2.72 bits per heavy atom. The number of hydrogen-bond donors (Lipinski definition) is 1. The summed E-state index contributed by atoms with van der Waals surface area (Å²) in [6.07, 6.45) is 3.14. The van der Waals surface area contributed by atoms with Gasteiger partial charge in [0.05, 0.1) is 35.3 Å². The number of allylic oxidation sites excluding steroid dienone is 2. The Bertz CT molecular complexity index is 1350. The van der Waals surface area contributed by atoms with Gasteiger partial charge in [-0.3, -0.25) is 14.6 Å². The van der Waals surface area contributed by atoms with E-state index in [4.69, 9.17) is 9.26 Å². The molecule has 1 unspecified atom stereocenters. The molecule has 1 saturated carbocycles. The normalized spacial score (nSPS) is 20.4. The van der Waals surface area contributed by atoms with Crippen molar-refractivity contribution < 1.29 is 24.0 Å². The number of benzene rings is 2. The van der Waals surface area contributed by atoms with Crippen LogP contribution < -0.4 is 4.74 Å². The lowest BCUT2D eigenvalue weighted by atomic mass is 9.81. The lowest BCUT2D eigenvalue weighted by Crippen LogP contribution is -2.21. The Morgan fingerprint density at radius 1 is 1.08 bits per heavy atom. The van der Waals surface area contributed by atoms with E-state index in [0.717, 1.165) is 5.56 Å². The molecule has 0 bridgehead atoms. The summed E-state index contributed by atoms with van der Waals surface area (Å²) in [5.74, 6) is 1.19. The van der Waals surface area contributed by atoms with Gasteiger partial charge >= 0.3 is 0 Å². The molecule has 184 valence electrons. The van der Waals surface area contributed by atoms with Gasteiger partial charge in [0.2, 0.25) is 0 Å². The average molecular weight is 485 g/mol. The molecule has 2 aromatic carbocycles. The molecule has 1 aromatic heterocycles. The van der Waals surface area contributed by atoms with Crippen molar-refractivity contribution in [1.82, 2.24) is 5.16 Å². The van der Waals surface area contributed by atoms with Crippen LogP contribution in [0.1, 0.15) is 65.4 Å². The molecule has 7 heteroatoms. The van der Waals surface area contributed by atoms with Crippen molar-refractivity contribution in [2.75, 3.05) is 7.11 Å². The fourth-order valence-electron chi connectivity index (χ4n) is 5.04. The van der Waals surface area contributed by atoms with Gasteiger partial charge in [0.1, 0.15) is 17.3 Å². The number of rotatable bonds is 6. The van der Waals surface area contributed by atoms with E-state index < -0.39 is 0 Å². The number of methoxy groups -OCH3 is 1. The zero-order chi connectivity index (χ0) is 25.1. The summed E-state index contributed by atoms with van der Waals surface area (Å²) >= 11 is 0. The monoisotopic (exact) mass is 484 g/mol. The number of aliphatic hydroxyl groups excluding tert-OH is 1. The third-order valence-electron chi connectivity index (χ3n) is 6.84. The number of aliphatic hydroxyl groups is 1. The van der Waals surface area contributed by atoms with Crippen LogP contribution in [0.15, 0.2) is 75.4 Å². The molecule has 7 nitrogen and oxygen atoms in total. The highest BCUT2D eigenvalue weighted by molar-refractivity contribution is 6.24. The molecular weight excluding hydrogens is 456 g/mol. The van der Waals surface area contributed by atoms with Crippen molar-refractivity contribution in [2.45, 2.75) is 50.9 Å². The molecule has 0 aliphatic heterocycles. The minimum atomic E-state index is -0.121. The summed E-state index contributed by atoms with van der Waals surface area (Å²) in [4.78, 5) is 30.4. The third-order valence-corrected chi connectivity index (χ3v) is 6.84.